The van der Waals surface area contributed by atoms with E-state index in [4.69, 9.17) is 4.74 Å². The Morgan fingerprint density at radius 1 is 1.22 bits per heavy atom. The molecule has 3 aliphatic rings. The second-order valence-corrected chi connectivity index (χ2v) is 7.79. The summed E-state index contributed by atoms with van der Waals surface area (Å²) in [4.78, 5) is 27.0. The van der Waals surface area contributed by atoms with Gasteiger partial charge in [-0.05, 0) is 62.3 Å². The van der Waals surface area contributed by atoms with Crippen LogP contribution < -0.4 is 10.6 Å². The smallest absolute Gasteiger partial charge is 0.253 e. The maximum atomic E-state index is 12.9. The van der Waals surface area contributed by atoms with Crippen molar-refractivity contribution >= 4 is 29.9 Å². The highest BCUT2D eigenvalue weighted by atomic mass is 35.5. The molecule has 3 heterocycles. The molecule has 2 N–H and O–H groups in total. The number of hydrogen-bond acceptors (Lipinski definition) is 4. The number of benzene rings is 1. The second kappa shape index (κ2) is 8.59. The van der Waals surface area contributed by atoms with E-state index in [1.807, 2.05) is 23.1 Å². The summed E-state index contributed by atoms with van der Waals surface area (Å²) in [5.41, 5.74) is 1.69. The van der Waals surface area contributed by atoms with Crippen molar-refractivity contribution in [3.05, 3.63) is 29.8 Å². The summed E-state index contributed by atoms with van der Waals surface area (Å²) in [6.45, 7) is 4.45. The number of halogens is 1. The van der Waals surface area contributed by atoms with Crippen LogP contribution in [-0.2, 0) is 9.53 Å². The molecule has 0 radical (unpaired) electrons. The first-order chi connectivity index (χ1) is 12.7. The van der Waals surface area contributed by atoms with Gasteiger partial charge in [0.1, 0.15) is 6.10 Å². The average molecular weight is 394 g/mol. The van der Waals surface area contributed by atoms with E-state index in [0.717, 1.165) is 51.9 Å². The van der Waals surface area contributed by atoms with Crippen LogP contribution in [0, 0.1) is 5.41 Å². The zero-order valence-electron chi connectivity index (χ0n) is 15.5. The standard InChI is InChI=1S/C20H27N3O3.ClH/c24-18(17-5-2-12-26-17)22-16-4-1-3-15(13-16)19(25)23-10-7-20(8-11-23)6-9-21-14-20;/h1,3-4,13,17,21H,2,5-12,14H2,(H,22,24);1H. The van der Waals surface area contributed by atoms with Gasteiger partial charge in [-0.3, -0.25) is 9.59 Å². The summed E-state index contributed by atoms with van der Waals surface area (Å²) in [5.74, 6) is -0.0697. The monoisotopic (exact) mass is 393 g/mol. The van der Waals surface area contributed by atoms with Gasteiger partial charge in [-0.2, -0.15) is 0 Å². The van der Waals surface area contributed by atoms with E-state index in [0.29, 0.717) is 23.3 Å². The van der Waals surface area contributed by atoms with Gasteiger partial charge in [0, 0.05) is 37.5 Å². The Balaban J connectivity index is 0.00000210. The molecule has 0 saturated carbocycles. The number of rotatable bonds is 3. The highest BCUT2D eigenvalue weighted by molar-refractivity contribution is 5.98. The summed E-state index contributed by atoms with van der Waals surface area (Å²) >= 11 is 0. The van der Waals surface area contributed by atoms with Crippen molar-refractivity contribution in [1.29, 1.82) is 0 Å². The Labute approximate surface area is 166 Å². The molecule has 2 amide bonds. The van der Waals surface area contributed by atoms with Gasteiger partial charge < -0.3 is 20.3 Å². The number of likely N-dealkylation sites (tertiary alicyclic amines) is 1. The van der Waals surface area contributed by atoms with Crippen molar-refractivity contribution in [3.63, 3.8) is 0 Å². The van der Waals surface area contributed by atoms with Gasteiger partial charge in [-0.1, -0.05) is 6.07 Å². The number of hydrogen-bond donors (Lipinski definition) is 2. The van der Waals surface area contributed by atoms with Crippen LogP contribution >= 0.6 is 12.4 Å². The van der Waals surface area contributed by atoms with E-state index >= 15 is 0 Å². The first-order valence-electron chi connectivity index (χ1n) is 9.68. The van der Waals surface area contributed by atoms with Crippen molar-refractivity contribution < 1.29 is 14.3 Å². The van der Waals surface area contributed by atoms with Crippen molar-refractivity contribution in [2.75, 3.05) is 38.1 Å². The molecule has 0 aromatic heterocycles. The third-order valence-electron chi connectivity index (χ3n) is 6.04. The number of carbonyl (C=O) groups excluding carboxylic acids is 2. The predicted molar refractivity (Wildman–Crippen MR) is 106 cm³/mol. The van der Waals surface area contributed by atoms with Crippen LogP contribution in [0.15, 0.2) is 24.3 Å². The van der Waals surface area contributed by atoms with E-state index in [9.17, 15) is 9.59 Å². The molecule has 1 aromatic carbocycles. The minimum atomic E-state index is -0.368. The Morgan fingerprint density at radius 2 is 2.04 bits per heavy atom. The van der Waals surface area contributed by atoms with Crippen LogP contribution in [0.1, 0.15) is 42.5 Å². The van der Waals surface area contributed by atoms with Gasteiger partial charge in [-0.15, -0.1) is 12.4 Å². The lowest BCUT2D eigenvalue weighted by Gasteiger charge is -2.39. The third-order valence-corrected chi connectivity index (χ3v) is 6.04. The van der Waals surface area contributed by atoms with Gasteiger partial charge >= 0.3 is 0 Å². The first-order valence-corrected chi connectivity index (χ1v) is 9.68. The maximum Gasteiger partial charge on any atom is 0.253 e. The molecule has 6 nitrogen and oxygen atoms in total. The van der Waals surface area contributed by atoms with Crippen molar-refractivity contribution in [1.82, 2.24) is 10.2 Å². The molecule has 4 rings (SSSR count). The normalized spacial score (nSPS) is 23.9. The van der Waals surface area contributed by atoms with Crippen LogP contribution in [0.25, 0.3) is 0 Å². The third kappa shape index (κ3) is 4.45. The highest BCUT2D eigenvalue weighted by Gasteiger charge is 2.38. The number of ether oxygens (including phenoxy) is 1. The lowest BCUT2D eigenvalue weighted by molar-refractivity contribution is -0.124. The Bertz CT molecular complexity index is 675. The van der Waals surface area contributed by atoms with Crippen molar-refractivity contribution in [2.24, 2.45) is 5.41 Å². The molecule has 7 heteroatoms. The van der Waals surface area contributed by atoms with Crippen LogP contribution in [-0.4, -0.2) is 55.6 Å². The van der Waals surface area contributed by atoms with Gasteiger partial charge in [0.25, 0.3) is 11.8 Å². The summed E-state index contributed by atoms with van der Waals surface area (Å²) in [6, 6.07) is 7.24. The Hall–Kier alpha value is -1.63. The fourth-order valence-corrected chi connectivity index (χ4v) is 4.33. The number of nitrogens with zero attached hydrogens (tertiary/aromatic N) is 1. The highest BCUT2D eigenvalue weighted by Crippen LogP contribution is 2.37. The van der Waals surface area contributed by atoms with Gasteiger partial charge in [0.15, 0.2) is 0 Å². The zero-order chi connectivity index (χ0) is 18.0. The molecule has 148 valence electrons. The lowest BCUT2D eigenvalue weighted by atomic mass is 9.78. The maximum absolute atomic E-state index is 12.9. The van der Waals surface area contributed by atoms with Crippen molar-refractivity contribution in [3.8, 4) is 0 Å². The molecule has 1 aromatic rings. The molecule has 0 aliphatic carbocycles. The van der Waals surface area contributed by atoms with E-state index in [-0.39, 0.29) is 30.3 Å². The van der Waals surface area contributed by atoms with Gasteiger partial charge in [0.05, 0.1) is 0 Å². The summed E-state index contributed by atoms with van der Waals surface area (Å²) in [5, 5.41) is 6.33. The van der Waals surface area contributed by atoms with Crippen LogP contribution in [0.5, 0.6) is 0 Å². The number of amides is 2. The lowest BCUT2D eigenvalue weighted by Crippen LogP contribution is -2.44. The number of carbonyl (C=O) groups is 2. The number of anilines is 1. The van der Waals surface area contributed by atoms with Crippen molar-refractivity contribution in [2.45, 2.75) is 38.2 Å². The van der Waals surface area contributed by atoms with Crippen LogP contribution in [0.4, 0.5) is 5.69 Å². The fourth-order valence-electron chi connectivity index (χ4n) is 4.33. The largest absolute Gasteiger partial charge is 0.368 e. The molecule has 3 aliphatic heterocycles. The molecule has 1 unspecified atom stereocenters. The van der Waals surface area contributed by atoms with Crippen LogP contribution in [0.2, 0.25) is 0 Å². The van der Waals surface area contributed by atoms with E-state index in [1.54, 1.807) is 6.07 Å². The zero-order valence-corrected chi connectivity index (χ0v) is 16.4. The summed E-state index contributed by atoms with van der Waals surface area (Å²) in [6.07, 6.45) is 4.67. The molecule has 3 saturated heterocycles. The average Bonchev–Trinajstić information content (AvgIpc) is 3.35. The first kappa shape index (κ1) is 20.1. The fraction of sp³-hybridized carbons (Fsp3) is 0.600. The molecule has 1 atom stereocenters. The van der Waals surface area contributed by atoms with Gasteiger partial charge in [-0.25, -0.2) is 0 Å². The quantitative estimate of drug-likeness (QED) is 0.827. The summed E-state index contributed by atoms with van der Waals surface area (Å²) in [7, 11) is 0. The van der Waals surface area contributed by atoms with Gasteiger partial charge in [0.2, 0.25) is 0 Å². The second-order valence-electron chi connectivity index (χ2n) is 7.79. The molecule has 27 heavy (non-hydrogen) atoms. The molecule has 3 fully saturated rings. The minimum Gasteiger partial charge on any atom is -0.368 e. The molecule has 1 spiro atoms. The number of piperidine rings is 1. The summed E-state index contributed by atoms with van der Waals surface area (Å²) < 4.78 is 5.41. The predicted octanol–water partition coefficient (Wildman–Crippen LogP) is 2.44. The molecule has 0 bridgehead atoms. The molecular formula is C20H28ClN3O3. The SMILES string of the molecule is Cl.O=C(Nc1cccc(C(=O)N2CCC3(CCNC3)CC2)c1)C1CCCO1. The van der Waals surface area contributed by atoms with E-state index in [1.165, 1.54) is 6.42 Å². The van der Waals surface area contributed by atoms with Crippen LogP contribution in [0.3, 0.4) is 0 Å². The van der Waals surface area contributed by atoms with E-state index in [2.05, 4.69) is 10.6 Å². The topological polar surface area (TPSA) is 70.7 Å². The molecular weight excluding hydrogens is 366 g/mol. The van der Waals surface area contributed by atoms with E-state index < -0.39 is 0 Å². The minimum absolute atomic E-state index is 0. The Kier molecular flexibility index (Phi) is 6.40. The Morgan fingerprint density at radius 3 is 2.70 bits per heavy atom. The number of nitrogens with one attached hydrogen (secondary N) is 2.